The first-order valence-electron chi connectivity index (χ1n) is 7.71. The van der Waals surface area contributed by atoms with Crippen LogP contribution in [-0.2, 0) is 28.5 Å². The second-order valence-electron chi connectivity index (χ2n) is 5.55. The van der Waals surface area contributed by atoms with Crippen molar-refractivity contribution in [1.82, 2.24) is 0 Å². The third-order valence-corrected chi connectivity index (χ3v) is 3.73. The molecule has 0 aromatic heterocycles. The predicted octanol–water partition coefficient (Wildman–Crippen LogP) is 3.16. The lowest BCUT2D eigenvalue weighted by molar-refractivity contribution is -0.526. The van der Waals surface area contributed by atoms with Crippen molar-refractivity contribution in [3.63, 3.8) is 0 Å². The van der Waals surface area contributed by atoms with E-state index in [4.69, 9.17) is 9.47 Å². The molecule has 1 aliphatic heterocycles. The van der Waals surface area contributed by atoms with E-state index in [9.17, 15) is 26.7 Å². The maximum absolute atomic E-state index is 15.0. The van der Waals surface area contributed by atoms with E-state index in [1.807, 2.05) is 0 Å². The number of carbonyl (C=O) groups excluding carboxylic acids is 1. The Hall–Kier alpha value is -1.30. The Kier molecular flexibility index (Phi) is 7.13. The van der Waals surface area contributed by atoms with Gasteiger partial charge in [-0.05, 0) is 20.3 Å². The van der Waals surface area contributed by atoms with Gasteiger partial charge in [0.05, 0.1) is 0 Å². The van der Waals surface area contributed by atoms with Crippen molar-refractivity contribution < 1.29 is 50.4 Å². The Labute approximate surface area is 147 Å². The van der Waals surface area contributed by atoms with E-state index in [-0.39, 0.29) is 13.0 Å². The first-order valence-corrected chi connectivity index (χ1v) is 7.71. The summed E-state index contributed by atoms with van der Waals surface area (Å²) < 4.78 is 94.0. The van der Waals surface area contributed by atoms with Gasteiger partial charge in [-0.25, -0.2) is 4.79 Å². The third-order valence-electron chi connectivity index (χ3n) is 3.73. The largest absolute Gasteiger partial charge is 0.459 e. The van der Waals surface area contributed by atoms with Gasteiger partial charge in [-0.1, -0.05) is 13.5 Å². The molecular weight excluding hydrogens is 371 g/mol. The summed E-state index contributed by atoms with van der Waals surface area (Å²) in [6.07, 6.45) is -6.72. The summed E-state index contributed by atoms with van der Waals surface area (Å²) in [5.74, 6) is -10.2. The minimum absolute atomic E-state index is 0.0667. The Bertz CT molecular complexity index is 511. The summed E-state index contributed by atoms with van der Waals surface area (Å²) in [4.78, 5) is 11.1. The molecule has 0 aliphatic carbocycles. The molecule has 1 rings (SSSR count). The maximum Gasteiger partial charge on any atom is 0.450 e. The molecule has 3 unspecified atom stereocenters. The Morgan fingerprint density at radius 3 is 2.38 bits per heavy atom. The van der Waals surface area contributed by atoms with Crippen LogP contribution in [0, 0.1) is 0 Å². The van der Waals surface area contributed by atoms with Crippen LogP contribution in [0.1, 0.15) is 27.2 Å². The summed E-state index contributed by atoms with van der Waals surface area (Å²) in [6, 6.07) is 0. The molecule has 0 radical (unpaired) electrons. The fraction of sp³-hybridized carbons (Fsp3) is 0.800. The lowest BCUT2D eigenvalue weighted by Gasteiger charge is -2.51. The number of hydrogen-bond donors (Lipinski definition) is 0. The maximum atomic E-state index is 15.0. The molecule has 0 spiro atoms. The Morgan fingerprint density at radius 2 is 1.92 bits per heavy atom. The van der Waals surface area contributed by atoms with E-state index in [1.165, 1.54) is 13.8 Å². The van der Waals surface area contributed by atoms with Crippen molar-refractivity contribution in [3.8, 4) is 0 Å². The second-order valence-corrected chi connectivity index (χ2v) is 5.55. The number of carbonyl (C=O) groups is 1. The van der Waals surface area contributed by atoms with Crippen molar-refractivity contribution in [1.29, 1.82) is 0 Å². The zero-order valence-corrected chi connectivity index (χ0v) is 14.5. The second kappa shape index (κ2) is 8.15. The molecule has 11 heteroatoms. The van der Waals surface area contributed by atoms with Gasteiger partial charge in [-0.2, -0.15) is 22.0 Å². The number of esters is 1. The van der Waals surface area contributed by atoms with Crippen LogP contribution >= 0.6 is 0 Å². The zero-order chi connectivity index (χ0) is 20.2. The normalized spacial score (nSPS) is 29.8. The topological polar surface area (TPSA) is 63.2 Å². The molecule has 1 fully saturated rings. The third kappa shape index (κ3) is 4.00. The molecule has 1 heterocycles. The van der Waals surface area contributed by atoms with Crippen LogP contribution in [0.4, 0.5) is 22.0 Å². The van der Waals surface area contributed by atoms with Crippen molar-refractivity contribution >= 4 is 5.97 Å². The molecule has 26 heavy (non-hydrogen) atoms. The molecule has 0 aromatic carbocycles. The van der Waals surface area contributed by atoms with Crippen LogP contribution < -0.4 is 0 Å². The van der Waals surface area contributed by atoms with Crippen LogP contribution in [-0.4, -0.2) is 55.8 Å². The van der Waals surface area contributed by atoms with Gasteiger partial charge in [0, 0.05) is 12.7 Å². The minimum atomic E-state index is -5.64. The molecule has 0 aromatic rings. The van der Waals surface area contributed by atoms with Gasteiger partial charge in [0.1, 0.15) is 6.61 Å². The number of ether oxygens (including phenoxy) is 5. The predicted molar refractivity (Wildman–Crippen MR) is 77.1 cm³/mol. The number of halogens is 5. The molecule has 6 nitrogen and oxygen atoms in total. The van der Waals surface area contributed by atoms with Gasteiger partial charge < -0.3 is 23.7 Å². The summed E-state index contributed by atoms with van der Waals surface area (Å²) in [5, 5.41) is 0. The average Bonchev–Trinajstić information content (AvgIpc) is 2.55. The summed E-state index contributed by atoms with van der Waals surface area (Å²) in [7, 11) is 0. The lowest BCUT2D eigenvalue weighted by atomic mass is 9.89. The first kappa shape index (κ1) is 22.7. The van der Waals surface area contributed by atoms with Gasteiger partial charge in [-0.15, -0.1) is 0 Å². The minimum Gasteiger partial charge on any atom is -0.459 e. The summed E-state index contributed by atoms with van der Waals surface area (Å²) >= 11 is 0. The summed E-state index contributed by atoms with van der Waals surface area (Å²) in [5.41, 5.74) is -2.87. The molecule has 152 valence electrons. The highest BCUT2D eigenvalue weighted by Gasteiger charge is 2.81. The highest BCUT2D eigenvalue weighted by molar-refractivity contribution is 5.81. The van der Waals surface area contributed by atoms with Crippen LogP contribution in [0.2, 0.25) is 0 Å². The van der Waals surface area contributed by atoms with E-state index >= 15 is 0 Å². The van der Waals surface area contributed by atoms with Gasteiger partial charge in [0.15, 0.2) is 18.7 Å². The quantitative estimate of drug-likeness (QED) is 0.274. The monoisotopic (exact) mass is 392 g/mol. The van der Waals surface area contributed by atoms with E-state index in [2.05, 4.69) is 20.8 Å². The molecule has 1 aliphatic rings. The van der Waals surface area contributed by atoms with E-state index in [1.54, 1.807) is 0 Å². The highest BCUT2D eigenvalue weighted by Crippen LogP contribution is 2.54. The van der Waals surface area contributed by atoms with Crippen LogP contribution in [0.5, 0.6) is 0 Å². The van der Waals surface area contributed by atoms with Crippen molar-refractivity contribution in [2.24, 2.45) is 0 Å². The van der Waals surface area contributed by atoms with Crippen LogP contribution in [0.25, 0.3) is 0 Å². The van der Waals surface area contributed by atoms with Crippen LogP contribution in [0.15, 0.2) is 12.7 Å². The van der Waals surface area contributed by atoms with Crippen molar-refractivity contribution in [3.05, 3.63) is 12.7 Å². The van der Waals surface area contributed by atoms with Gasteiger partial charge >= 0.3 is 23.9 Å². The fourth-order valence-electron chi connectivity index (χ4n) is 2.21. The van der Waals surface area contributed by atoms with Gasteiger partial charge in [0.25, 0.3) is 0 Å². The zero-order valence-electron chi connectivity index (χ0n) is 14.5. The van der Waals surface area contributed by atoms with Crippen LogP contribution in [0.3, 0.4) is 0 Å². The highest BCUT2D eigenvalue weighted by atomic mass is 19.4. The molecule has 0 bridgehead atoms. The van der Waals surface area contributed by atoms with Gasteiger partial charge in [-0.3, -0.25) is 0 Å². The lowest BCUT2D eigenvalue weighted by Crippen LogP contribution is -2.75. The molecule has 3 atom stereocenters. The first-order chi connectivity index (χ1) is 11.9. The van der Waals surface area contributed by atoms with E-state index in [0.29, 0.717) is 13.0 Å². The number of alkyl halides is 5. The SMILES string of the molecule is C=CC(=O)OCC1(C)OCOC(OC(CC)OCC)(C(F)(F)F)C1(F)F. The molecule has 1 saturated heterocycles. The van der Waals surface area contributed by atoms with Crippen molar-refractivity contribution in [2.45, 2.75) is 57.0 Å². The van der Waals surface area contributed by atoms with E-state index < -0.39 is 49.1 Å². The smallest absolute Gasteiger partial charge is 0.450 e. The average molecular weight is 392 g/mol. The number of hydrogen-bond acceptors (Lipinski definition) is 6. The van der Waals surface area contributed by atoms with E-state index in [0.717, 1.165) is 0 Å². The summed E-state index contributed by atoms with van der Waals surface area (Å²) in [6.45, 7) is 4.19. The Balaban J connectivity index is 3.31. The fourth-order valence-corrected chi connectivity index (χ4v) is 2.21. The Morgan fingerprint density at radius 1 is 1.31 bits per heavy atom. The molecule has 0 saturated carbocycles. The molecular formula is C15H21F5O6. The standard InChI is InChI=1S/C15H21F5O6/c1-5-10(21)23-8-12(4)13(16,17)14(15(18,19)20,25-9-24-12)26-11(6-2)22-7-3/h5,11H,1,6-9H2,2-4H3. The van der Waals surface area contributed by atoms with Crippen molar-refractivity contribution in [2.75, 3.05) is 20.0 Å². The molecule has 0 N–H and O–H groups in total. The molecule has 0 amide bonds. The van der Waals surface area contributed by atoms with Gasteiger partial charge in [0.2, 0.25) is 0 Å². The number of rotatable bonds is 8.